The highest BCUT2D eigenvalue weighted by Gasteiger charge is 2.21. The molecule has 1 aromatic rings. The van der Waals surface area contributed by atoms with Crippen LogP contribution in [0.1, 0.15) is 0 Å². The van der Waals surface area contributed by atoms with E-state index >= 15 is 0 Å². The normalized spacial score (nSPS) is 19.6. The molecule has 0 aliphatic carbocycles. The number of anilines is 3. The van der Waals surface area contributed by atoms with Gasteiger partial charge in [-0.15, -0.1) is 0 Å². The Morgan fingerprint density at radius 1 is 1.50 bits per heavy atom. The van der Waals surface area contributed by atoms with Crippen molar-refractivity contribution in [3.63, 3.8) is 0 Å². The molecular weight excluding hydrogens is 273 g/mol. The van der Waals surface area contributed by atoms with E-state index in [9.17, 15) is 4.79 Å². The van der Waals surface area contributed by atoms with Crippen LogP contribution in [0.5, 0.6) is 0 Å². The Balaban J connectivity index is 2.60. The number of nitrogens with one attached hydrogen (secondary N) is 3. The standard InChI is InChI=1S/C5H6IN5O/c6-4-8-1-2(7)9-5(12)11-3(1)10-4/h4,8H,(H4,7,9,10,11,12). The Hall–Kier alpha value is -0.990. The predicted octanol–water partition coefficient (Wildman–Crippen LogP) is -0.0919. The van der Waals surface area contributed by atoms with E-state index in [2.05, 4.69) is 43.2 Å². The lowest BCUT2D eigenvalue weighted by atomic mass is 10.4. The minimum Gasteiger partial charge on any atom is -0.383 e. The molecule has 7 heteroatoms. The second-order valence-electron chi connectivity index (χ2n) is 2.33. The fourth-order valence-corrected chi connectivity index (χ4v) is 1.63. The van der Waals surface area contributed by atoms with Crippen LogP contribution in [0.3, 0.4) is 0 Å². The number of alkyl halides is 1. The van der Waals surface area contributed by atoms with Crippen molar-refractivity contribution in [3.05, 3.63) is 10.5 Å². The van der Waals surface area contributed by atoms with Crippen molar-refractivity contribution in [1.29, 1.82) is 0 Å². The Morgan fingerprint density at radius 2 is 2.25 bits per heavy atom. The third kappa shape index (κ3) is 1.09. The van der Waals surface area contributed by atoms with E-state index in [-0.39, 0.29) is 4.17 Å². The summed E-state index contributed by atoms with van der Waals surface area (Å²) in [4.78, 5) is 16.9. The zero-order valence-electron chi connectivity index (χ0n) is 5.89. The number of H-pyrrole nitrogens is 1. The van der Waals surface area contributed by atoms with E-state index in [0.29, 0.717) is 17.3 Å². The first-order valence-corrected chi connectivity index (χ1v) is 4.48. The van der Waals surface area contributed by atoms with Crippen molar-refractivity contribution in [3.8, 4) is 0 Å². The van der Waals surface area contributed by atoms with Crippen LogP contribution in [0.25, 0.3) is 0 Å². The molecule has 5 N–H and O–H groups in total. The Morgan fingerprint density at radius 3 is 3.00 bits per heavy atom. The quantitative estimate of drug-likeness (QED) is 0.302. The maximum Gasteiger partial charge on any atom is 0.348 e. The van der Waals surface area contributed by atoms with Crippen molar-refractivity contribution in [2.75, 3.05) is 16.4 Å². The van der Waals surface area contributed by atoms with E-state index in [1.54, 1.807) is 0 Å². The summed E-state index contributed by atoms with van der Waals surface area (Å²) >= 11 is 2.12. The summed E-state index contributed by atoms with van der Waals surface area (Å²) in [6, 6.07) is 0. The molecule has 2 rings (SSSR count). The molecule has 0 fully saturated rings. The number of nitrogens with two attached hydrogens (primary N) is 1. The Bertz CT molecular complexity index is 375. The van der Waals surface area contributed by atoms with Crippen LogP contribution in [0, 0.1) is 0 Å². The van der Waals surface area contributed by atoms with Gasteiger partial charge in [0.2, 0.25) is 0 Å². The number of rotatable bonds is 0. The zero-order chi connectivity index (χ0) is 8.72. The number of aromatic nitrogens is 2. The molecule has 1 aliphatic heterocycles. The fraction of sp³-hybridized carbons (Fsp3) is 0.200. The van der Waals surface area contributed by atoms with Gasteiger partial charge in [0.05, 0.1) is 0 Å². The van der Waals surface area contributed by atoms with Crippen molar-refractivity contribution < 1.29 is 0 Å². The predicted molar refractivity (Wildman–Crippen MR) is 54.3 cm³/mol. The summed E-state index contributed by atoms with van der Waals surface area (Å²) in [5.41, 5.74) is 5.76. The Kier molecular flexibility index (Phi) is 1.60. The maximum absolute atomic E-state index is 10.8. The second kappa shape index (κ2) is 2.51. The lowest BCUT2D eigenvalue weighted by Gasteiger charge is -2.00. The van der Waals surface area contributed by atoms with Gasteiger partial charge in [-0.05, 0) is 22.6 Å². The van der Waals surface area contributed by atoms with Gasteiger partial charge < -0.3 is 16.4 Å². The summed E-state index contributed by atoms with van der Waals surface area (Å²) < 4.78 is 0.0302. The smallest absolute Gasteiger partial charge is 0.348 e. The SMILES string of the molecule is Nc1[nH]c(=O)nc2c1NC(I)N2. The first-order valence-electron chi connectivity index (χ1n) is 3.24. The molecule has 12 heavy (non-hydrogen) atoms. The molecule has 6 nitrogen and oxygen atoms in total. The van der Waals surface area contributed by atoms with Crippen LogP contribution in [-0.4, -0.2) is 14.1 Å². The second-order valence-corrected chi connectivity index (χ2v) is 3.58. The van der Waals surface area contributed by atoms with Gasteiger partial charge in [0, 0.05) is 0 Å². The molecule has 1 aromatic heterocycles. The van der Waals surface area contributed by atoms with Gasteiger partial charge in [-0.25, -0.2) is 4.79 Å². The first kappa shape index (κ1) is 7.65. The molecule has 2 heterocycles. The summed E-state index contributed by atoms with van der Waals surface area (Å²) in [6.07, 6.45) is 0. The molecule has 1 atom stereocenters. The monoisotopic (exact) mass is 279 g/mol. The zero-order valence-corrected chi connectivity index (χ0v) is 8.05. The van der Waals surface area contributed by atoms with E-state index in [1.807, 2.05) is 0 Å². The summed E-state index contributed by atoms with van der Waals surface area (Å²) in [7, 11) is 0. The third-order valence-electron chi connectivity index (χ3n) is 1.50. The minimum atomic E-state index is -0.439. The number of hydrogen-bond acceptors (Lipinski definition) is 5. The number of nitrogen functional groups attached to an aromatic ring is 1. The number of nitrogens with zero attached hydrogens (tertiary/aromatic N) is 1. The van der Waals surface area contributed by atoms with E-state index < -0.39 is 5.69 Å². The van der Waals surface area contributed by atoms with Crippen molar-refractivity contribution in [2.45, 2.75) is 4.17 Å². The van der Waals surface area contributed by atoms with Gasteiger partial charge in [-0.3, -0.25) is 4.98 Å². The molecule has 0 bridgehead atoms. The molecule has 0 aromatic carbocycles. The van der Waals surface area contributed by atoms with Crippen molar-refractivity contribution >= 4 is 39.9 Å². The average Bonchev–Trinajstić information content (AvgIpc) is 2.29. The van der Waals surface area contributed by atoms with Gasteiger partial charge in [0.1, 0.15) is 11.5 Å². The van der Waals surface area contributed by atoms with Gasteiger partial charge in [-0.1, -0.05) is 0 Å². The van der Waals surface area contributed by atoms with Gasteiger partial charge in [-0.2, -0.15) is 4.98 Å². The molecule has 1 unspecified atom stereocenters. The highest BCUT2D eigenvalue weighted by Crippen LogP contribution is 2.30. The molecule has 64 valence electrons. The van der Waals surface area contributed by atoms with Gasteiger partial charge in [0.15, 0.2) is 9.99 Å². The van der Waals surface area contributed by atoms with E-state index in [4.69, 9.17) is 5.73 Å². The van der Waals surface area contributed by atoms with Gasteiger partial charge in [0.25, 0.3) is 0 Å². The van der Waals surface area contributed by atoms with Crippen LogP contribution in [0.4, 0.5) is 17.3 Å². The molecule has 0 radical (unpaired) electrons. The lowest BCUT2D eigenvalue weighted by Crippen LogP contribution is -2.13. The van der Waals surface area contributed by atoms with Crippen molar-refractivity contribution in [2.24, 2.45) is 0 Å². The lowest BCUT2D eigenvalue weighted by molar-refractivity contribution is 1.10. The summed E-state index contributed by atoms with van der Waals surface area (Å²) in [5, 5.41) is 5.95. The molecule has 1 aliphatic rings. The first-order chi connectivity index (χ1) is 5.66. The van der Waals surface area contributed by atoms with E-state index in [0.717, 1.165) is 0 Å². The van der Waals surface area contributed by atoms with Crippen LogP contribution in [0.15, 0.2) is 4.79 Å². The average molecular weight is 279 g/mol. The molecular formula is C5H6IN5O. The number of halogens is 1. The fourth-order valence-electron chi connectivity index (χ4n) is 1.02. The van der Waals surface area contributed by atoms with Crippen LogP contribution in [-0.2, 0) is 0 Å². The van der Waals surface area contributed by atoms with Crippen LogP contribution >= 0.6 is 22.6 Å². The minimum absolute atomic E-state index is 0.0302. The highest BCUT2D eigenvalue weighted by atomic mass is 127. The summed E-state index contributed by atoms with van der Waals surface area (Å²) in [6.45, 7) is 0. The van der Waals surface area contributed by atoms with Crippen LogP contribution in [0.2, 0.25) is 0 Å². The molecule has 0 spiro atoms. The van der Waals surface area contributed by atoms with Crippen LogP contribution < -0.4 is 22.1 Å². The largest absolute Gasteiger partial charge is 0.383 e. The maximum atomic E-state index is 10.8. The topological polar surface area (TPSA) is 95.8 Å². The number of hydrogen-bond donors (Lipinski definition) is 4. The van der Waals surface area contributed by atoms with Gasteiger partial charge >= 0.3 is 5.69 Å². The summed E-state index contributed by atoms with van der Waals surface area (Å²) in [5.74, 6) is 0.826. The van der Waals surface area contributed by atoms with Crippen molar-refractivity contribution in [1.82, 2.24) is 9.97 Å². The number of fused-ring (bicyclic) bond motifs is 1. The highest BCUT2D eigenvalue weighted by molar-refractivity contribution is 14.1. The molecule has 0 amide bonds. The Labute approximate surface area is 81.1 Å². The molecule has 0 saturated carbocycles. The number of aromatic amines is 1. The molecule has 0 saturated heterocycles. The van der Waals surface area contributed by atoms with E-state index in [1.165, 1.54) is 0 Å². The third-order valence-corrected chi connectivity index (χ3v) is 2.12.